The first kappa shape index (κ1) is 18.5. The van der Waals surface area contributed by atoms with Crippen molar-refractivity contribution in [2.45, 2.75) is 37.3 Å². The van der Waals surface area contributed by atoms with Crippen molar-refractivity contribution in [2.24, 2.45) is 0 Å². The average Bonchev–Trinajstić information content (AvgIpc) is 2.40. The number of hydrogen-bond donors (Lipinski definition) is 1. The summed E-state index contributed by atoms with van der Waals surface area (Å²) in [7, 11) is -0.459. The van der Waals surface area contributed by atoms with Gasteiger partial charge in [-0.05, 0) is 39.0 Å². The lowest BCUT2D eigenvalue weighted by atomic mass is 10.1. The van der Waals surface area contributed by atoms with Crippen LogP contribution in [0.4, 0.5) is 10.5 Å². The van der Waals surface area contributed by atoms with Gasteiger partial charge in [0.25, 0.3) is 0 Å². The molecular formula is C16H25N3O4S. The Hall–Kier alpha value is -1.80. The van der Waals surface area contributed by atoms with Crippen LogP contribution in [0.3, 0.4) is 0 Å². The molecule has 0 bridgehead atoms. The summed E-state index contributed by atoms with van der Waals surface area (Å²) in [6.45, 7) is 6.55. The molecule has 0 saturated carbocycles. The smallest absolute Gasteiger partial charge is 0.410 e. The predicted molar refractivity (Wildman–Crippen MR) is 92.5 cm³/mol. The van der Waals surface area contributed by atoms with Crippen molar-refractivity contribution in [3.8, 4) is 0 Å². The minimum Gasteiger partial charge on any atom is -0.444 e. The van der Waals surface area contributed by atoms with E-state index in [1.54, 1.807) is 23.1 Å². The summed E-state index contributed by atoms with van der Waals surface area (Å²) in [4.78, 5) is 13.7. The van der Waals surface area contributed by atoms with E-state index in [1.165, 1.54) is 18.4 Å². The van der Waals surface area contributed by atoms with E-state index >= 15 is 0 Å². The van der Waals surface area contributed by atoms with Crippen molar-refractivity contribution in [2.75, 3.05) is 32.5 Å². The van der Waals surface area contributed by atoms with E-state index in [9.17, 15) is 13.2 Å². The number of anilines is 1. The second-order valence-electron chi connectivity index (χ2n) is 7.04. The first-order chi connectivity index (χ1) is 11.0. The number of amides is 1. The first-order valence-electron chi connectivity index (χ1n) is 7.76. The van der Waals surface area contributed by atoms with Crippen molar-refractivity contribution >= 4 is 21.8 Å². The highest BCUT2D eigenvalue weighted by Gasteiger charge is 2.33. The van der Waals surface area contributed by atoms with Crippen LogP contribution >= 0.6 is 0 Å². The minimum atomic E-state index is -3.46. The molecule has 0 atom stereocenters. The lowest BCUT2D eigenvalue weighted by Crippen LogP contribution is -2.57. The highest BCUT2D eigenvalue weighted by atomic mass is 32.2. The molecule has 1 saturated heterocycles. The van der Waals surface area contributed by atoms with Crippen LogP contribution in [0, 0.1) is 0 Å². The number of nitrogens with zero attached hydrogens (tertiary/aromatic N) is 2. The molecule has 1 heterocycles. The molecule has 0 spiro atoms. The maximum absolute atomic E-state index is 12.2. The average molecular weight is 355 g/mol. The van der Waals surface area contributed by atoms with Gasteiger partial charge in [-0.25, -0.2) is 17.5 Å². The second-order valence-corrected chi connectivity index (χ2v) is 9.19. The van der Waals surface area contributed by atoms with Crippen LogP contribution in [0.15, 0.2) is 29.2 Å². The number of benzene rings is 1. The molecule has 1 fully saturated rings. The number of rotatable bonds is 4. The van der Waals surface area contributed by atoms with Crippen LogP contribution in [-0.2, 0) is 14.8 Å². The summed E-state index contributed by atoms with van der Waals surface area (Å²) >= 11 is 0. The van der Waals surface area contributed by atoms with E-state index in [4.69, 9.17) is 4.74 Å². The Balaban J connectivity index is 1.94. The Kier molecular flexibility index (Phi) is 5.10. The normalized spacial score (nSPS) is 16.0. The van der Waals surface area contributed by atoms with Crippen LogP contribution in [0.1, 0.15) is 20.8 Å². The zero-order chi connectivity index (χ0) is 18.1. The molecule has 24 heavy (non-hydrogen) atoms. The van der Waals surface area contributed by atoms with Gasteiger partial charge in [-0.15, -0.1) is 0 Å². The molecule has 0 aromatic heterocycles. The summed E-state index contributed by atoms with van der Waals surface area (Å²) in [6, 6.07) is 6.75. The van der Waals surface area contributed by atoms with E-state index < -0.39 is 15.6 Å². The summed E-state index contributed by atoms with van der Waals surface area (Å²) in [5.41, 5.74) is 0.205. The molecular weight excluding hydrogens is 330 g/mol. The summed E-state index contributed by atoms with van der Waals surface area (Å²) in [6.07, 6.45) is -0.329. The first-order valence-corrected chi connectivity index (χ1v) is 9.20. The van der Waals surface area contributed by atoms with Gasteiger partial charge in [0.2, 0.25) is 10.0 Å². The second kappa shape index (κ2) is 6.60. The number of hydrogen-bond acceptors (Lipinski definition) is 5. The third-order valence-corrected chi connectivity index (χ3v) is 5.33. The van der Waals surface area contributed by atoms with Gasteiger partial charge in [0, 0.05) is 32.9 Å². The van der Waals surface area contributed by atoms with E-state index in [1.807, 2.05) is 26.8 Å². The monoisotopic (exact) mass is 355 g/mol. The summed E-state index contributed by atoms with van der Waals surface area (Å²) < 4.78 is 30.8. The fourth-order valence-electron chi connectivity index (χ4n) is 2.24. The fourth-order valence-corrected chi connectivity index (χ4v) is 3.19. The number of ether oxygens (including phenoxy) is 1. The molecule has 1 amide bonds. The highest BCUT2D eigenvalue weighted by Crippen LogP contribution is 2.22. The number of nitrogens with one attached hydrogen (secondary N) is 1. The number of carbonyl (C=O) groups is 1. The van der Waals surface area contributed by atoms with E-state index in [2.05, 4.69) is 5.32 Å². The van der Waals surface area contributed by atoms with Crippen LogP contribution < -0.4 is 5.32 Å². The lowest BCUT2D eigenvalue weighted by Gasteiger charge is -2.40. The third kappa shape index (κ3) is 4.39. The van der Waals surface area contributed by atoms with Gasteiger partial charge < -0.3 is 15.0 Å². The Bertz CT molecular complexity index is 704. The van der Waals surface area contributed by atoms with Gasteiger partial charge in [0.05, 0.1) is 10.9 Å². The molecule has 1 aliphatic heterocycles. The molecule has 0 radical (unpaired) electrons. The third-order valence-electron chi connectivity index (χ3n) is 3.52. The van der Waals surface area contributed by atoms with Crippen molar-refractivity contribution in [1.29, 1.82) is 0 Å². The van der Waals surface area contributed by atoms with E-state index in [0.717, 1.165) is 0 Å². The van der Waals surface area contributed by atoms with E-state index in [-0.39, 0.29) is 17.0 Å². The van der Waals surface area contributed by atoms with Crippen LogP contribution in [0.2, 0.25) is 0 Å². The quantitative estimate of drug-likeness (QED) is 0.893. The van der Waals surface area contributed by atoms with Crippen LogP contribution in [-0.4, -0.2) is 62.5 Å². The predicted octanol–water partition coefficient (Wildman–Crippen LogP) is 1.97. The SMILES string of the molecule is CN(C)S(=O)(=O)c1cccc(NC2CN(C(=O)OC(C)(C)C)C2)c1. The zero-order valence-electron chi connectivity index (χ0n) is 14.7. The largest absolute Gasteiger partial charge is 0.444 e. The Labute approximate surface area is 143 Å². The standard InChI is InChI=1S/C16H25N3O4S/c1-16(2,3)23-15(20)19-10-13(11-19)17-12-7-6-8-14(9-12)24(21,22)18(4)5/h6-9,13,17H,10-11H2,1-5H3. The van der Waals surface area contributed by atoms with Crippen molar-refractivity contribution in [3.63, 3.8) is 0 Å². The van der Waals surface area contributed by atoms with Crippen molar-refractivity contribution in [1.82, 2.24) is 9.21 Å². The molecule has 1 aliphatic rings. The minimum absolute atomic E-state index is 0.0785. The summed E-state index contributed by atoms with van der Waals surface area (Å²) in [5, 5.41) is 3.25. The summed E-state index contributed by atoms with van der Waals surface area (Å²) in [5.74, 6) is 0. The van der Waals surface area contributed by atoms with Crippen molar-refractivity contribution in [3.05, 3.63) is 24.3 Å². The van der Waals surface area contributed by atoms with Gasteiger partial charge in [-0.2, -0.15) is 0 Å². The maximum Gasteiger partial charge on any atom is 0.410 e. The fraction of sp³-hybridized carbons (Fsp3) is 0.562. The van der Waals surface area contributed by atoms with Gasteiger partial charge in [-0.3, -0.25) is 0 Å². The van der Waals surface area contributed by atoms with Crippen LogP contribution in [0.5, 0.6) is 0 Å². The van der Waals surface area contributed by atoms with Crippen molar-refractivity contribution < 1.29 is 17.9 Å². The van der Waals surface area contributed by atoms with Gasteiger partial charge in [-0.1, -0.05) is 6.07 Å². The Morgan fingerprint density at radius 3 is 2.46 bits per heavy atom. The molecule has 1 N–H and O–H groups in total. The highest BCUT2D eigenvalue weighted by molar-refractivity contribution is 7.89. The van der Waals surface area contributed by atoms with Gasteiger partial charge in [0.1, 0.15) is 5.60 Å². The Morgan fingerprint density at radius 1 is 1.29 bits per heavy atom. The molecule has 1 aromatic carbocycles. The van der Waals surface area contributed by atoms with E-state index in [0.29, 0.717) is 18.8 Å². The Morgan fingerprint density at radius 2 is 1.92 bits per heavy atom. The lowest BCUT2D eigenvalue weighted by molar-refractivity contribution is 0.0105. The van der Waals surface area contributed by atoms with Gasteiger partial charge in [0.15, 0.2) is 0 Å². The topological polar surface area (TPSA) is 79.0 Å². The zero-order valence-corrected chi connectivity index (χ0v) is 15.6. The molecule has 8 heteroatoms. The number of likely N-dealkylation sites (tertiary alicyclic amines) is 1. The number of carbonyl (C=O) groups excluding carboxylic acids is 1. The molecule has 1 aromatic rings. The molecule has 134 valence electrons. The van der Waals surface area contributed by atoms with Crippen LogP contribution in [0.25, 0.3) is 0 Å². The molecule has 0 unspecified atom stereocenters. The molecule has 0 aliphatic carbocycles. The van der Waals surface area contributed by atoms with Gasteiger partial charge >= 0.3 is 6.09 Å². The number of sulfonamides is 1. The maximum atomic E-state index is 12.2. The molecule has 2 rings (SSSR count). The molecule has 7 nitrogen and oxygen atoms in total.